The summed E-state index contributed by atoms with van der Waals surface area (Å²) in [5, 5.41) is 22.6. The predicted molar refractivity (Wildman–Crippen MR) is 113 cm³/mol. The fraction of sp³-hybridized carbons (Fsp3) is 0.100. The highest BCUT2D eigenvalue weighted by Crippen LogP contribution is 2.36. The molecule has 136 valence electrons. The lowest BCUT2D eigenvalue weighted by molar-refractivity contribution is 0.411. The van der Waals surface area contributed by atoms with Crippen LogP contribution in [0.5, 0.6) is 0 Å². The zero-order valence-corrected chi connectivity index (χ0v) is 16.7. The molecule has 0 amide bonds. The molecule has 1 aromatic heterocycles. The number of rotatable bonds is 3. The van der Waals surface area contributed by atoms with Crippen molar-refractivity contribution in [2.75, 3.05) is 11.4 Å². The number of anilines is 1. The molecule has 2 N–H and O–H groups in total. The van der Waals surface area contributed by atoms with Gasteiger partial charge in [0.15, 0.2) is 0 Å². The van der Waals surface area contributed by atoms with Crippen LogP contribution in [0.2, 0.25) is 10.0 Å². The second kappa shape index (κ2) is 7.00. The van der Waals surface area contributed by atoms with Crippen LogP contribution in [0.4, 0.5) is 5.69 Å². The largest absolute Gasteiger partial charge is 0.510 e. The van der Waals surface area contributed by atoms with Crippen molar-refractivity contribution in [3.8, 4) is 11.3 Å². The molecule has 7 heteroatoms. The first-order valence-electron chi connectivity index (χ1n) is 8.20. The van der Waals surface area contributed by atoms with Gasteiger partial charge >= 0.3 is 0 Å². The number of thiazole rings is 1. The summed E-state index contributed by atoms with van der Waals surface area (Å²) in [7, 11) is 0. The summed E-state index contributed by atoms with van der Waals surface area (Å²) in [5.74, 6) is 0.288. The number of aromatic nitrogens is 1. The summed E-state index contributed by atoms with van der Waals surface area (Å²) in [6, 6.07) is 13.2. The molecule has 4 nitrogen and oxygen atoms in total. The Morgan fingerprint density at radius 3 is 2.44 bits per heavy atom. The van der Waals surface area contributed by atoms with Crippen LogP contribution in [0.1, 0.15) is 10.6 Å². The molecule has 0 saturated heterocycles. The minimum atomic E-state index is 0.112. The SMILES string of the molecule is Cc1ccc(-c2csc(C3=C(O)CN(c4cc(Cl)cc(Cl)c4)C3=N)n2)cc1. The van der Waals surface area contributed by atoms with Gasteiger partial charge in [0.05, 0.1) is 17.8 Å². The molecule has 0 aliphatic carbocycles. The van der Waals surface area contributed by atoms with Crippen molar-refractivity contribution in [1.29, 1.82) is 5.41 Å². The van der Waals surface area contributed by atoms with Crippen LogP contribution in [-0.2, 0) is 0 Å². The quantitative estimate of drug-likeness (QED) is 0.535. The van der Waals surface area contributed by atoms with Crippen LogP contribution in [-0.4, -0.2) is 22.5 Å². The normalized spacial score (nSPS) is 14.3. The third-order valence-corrected chi connectivity index (χ3v) is 5.62. The van der Waals surface area contributed by atoms with E-state index in [9.17, 15) is 5.11 Å². The Morgan fingerprint density at radius 2 is 1.78 bits per heavy atom. The molecule has 0 bridgehead atoms. The van der Waals surface area contributed by atoms with Gasteiger partial charge in [0.25, 0.3) is 0 Å². The van der Waals surface area contributed by atoms with E-state index in [2.05, 4.69) is 4.98 Å². The van der Waals surface area contributed by atoms with E-state index in [0.717, 1.165) is 11.3 Å². The number of benzene rings is 2. The monoisotopic (exact) mass is 415 g/mol. The van der Waals surface area contributed by atoms with Crippen molar-refractivity contribution in [2.24, 2.45) is 0 Å². The summed E-state index contributed by atoms with van der Waals surface area (Å²) < 4.78 is 0. The summed E-state index contributed by atoms with van der Waals surface area (Å²) in [4.78, 5) is 6.30. The van der Waals surface area contributed by atoms with Gasteiger partial charge in [0.2, 0.25) is 0 Å². The summed E-state index contributed by atoms with van der Waals surface area (Å²) >= 11 is 13.6. The highest BCUT2D eigenvalue weighted by atomic mass is 35.5. The average molecular weight is 416 g/mol. The minimum Gasteiger partial charge on any atom is -0.510 e. The number of nitrogens with one attached hydrogen (secondary N) is 1. The number of amidine groups is 1. The molecular weight excluding hydrogens is 401 g/mol. The fourth-order valence-corrected chi connectivity index (χ4v) is 4.38. The first-order valence-corrected chi connectivity index (χ1v) is 9.83. The number of aliphatic hydroxyl groups excluding tert-OH is 1. The van der Waals surface area contributed by atoms with E-state index in [-0.39, 0.29) is 18.1 Å². The number of hydrogen-bond donors (Lipinski definition) is 2. The number of nitrogens with zero attached hydrogens (tertiary/aromatic N) is 2. The molecule has 0 spiro atoms. The van der Waals surface area contributed by atoms with Crippen molar-refractivity contribution in [1.82, 2.24) is 4.98 Å². The zero-order valence-electron chi connectivity index (χ0n) is 14.3. The van der Waals surface area contributed by atoms with E-state index >= 15 is 0 Å². The van der Waals surface area contributed by atoms with Gasteiger partial charge in [-0.25, -0.2) is 4.98 Å². The topological polar surface area (TPSA) is 60.2 Å². The fourth-order valence-electron chi connectivity index (χ4n) is 2.97. The smallest absolute Gasteiger partial charge is 0.139 e. The maximum Gasteiger partial charge on any atom is 0.139 e. The van der Waals surface area contributed by atoms with Crippen LogP contribution in [0.3, 0.4) is 0 Å². The van der Waals surface area contributed by atoms with E-state index < -0.39 is 0 Å². The van der Waals surface area contributed by atoms with Crippen LogP contribution in [0, 0.1) is 12.3 Å². The van der Waals surface area contributed by atoms with E-state index in [0.29, 0.717) is 26.3 Å². The van der Waals surface area contributed by atoms with Gasteiger partial charge in [0, 0.05) is 26.7 Å². The van der Waals surface area contributed by atoms with Crippen LogP contribution < -0.4 is 4.90 Å². The van der Waals surface area contributed by atoms with E-state index in [1.165, 1.54) is 16.9 Å². The molecule has 0 unspecified atom stereocenters. The molecule has 2 aromatic carbocycles. The first-order chi connectivity index (χ1) is 12.9. The summed E-state index contributed by atoms with van der Waals surface area (Å²) in [6.45, 7) is 2.22. The summed E-state index contributed by atoms with van der Waals surface area (Å²) in [5.41, 5.74) is 4.12. The maximum absolute atomic E-state index is 10.5. The molecule has 1 aliphatic heterocycles. The molecular formula is C20H15Cl2N3OS. The maximum atomic E-state index is 10.5. The average Bonchev–Trinajstić information content (AvgIpc) is 3.19. The number of aryl methyl sites for hydroxylation is 1. The van der Waals surface area contributed by atoms with Crippen molar-refractivity contribution in [3.05, 3.63) is 74.2 Å². The molecule has 0 atom stereocenters. The van der Waals surface area contributed by atoms with E-state index in [1.807, 2.05) is 36.6 Å². The predicted octanol–water partition coefficient (Wildman–Crippen LogP) is 6.19. The van der Waals surface area contributed by atoms with Gasteiger partial charge in [-0.15, -0.1) is 11.3 Å². The van der Waals surface area contributed by atoms with Crippen LogP contribution >= 0.6 is 34.5 Å². The summed E-state index contributed by atoms with van der Waals surface area (Å²) in [6.07, 6.45) is 0. The Hall–Kier alpha value is -2.34. The highest BCUT2D eigenvalue weighted by Gasteiger charge is 2.31. The van der Waals surface area contributed by atoms with E-state index in [1.54, 1.807) is 23.1 Å². The van der Waals surface area contributed by atoms with Crippen molar-refractivity contribution in [3.63, 3.8) is 0 Å². The standard InChI is InChI=1S/C20H15Cl2N3OS/c1-11-2-4-12(5-3-11)16-10-27-20(24-16)18-17(26)9-25(19(18)23)15-7-13(21)6-14(22)8-15/h2-8,10,23,26H,9H2,1H3. The minimum absolute atomic E-state index is 0.112. The van der Waals surface area contributed by atoms with Gasteiger partial charge in [-0.3, -0.25) is 5.41 Å². The number of aliphatic hydroxyl groups is 1. The number of hydrogen-bond acceptors (Lipinski definition) is 4. The second-order valence-corrected chi connectivity index (χ2v) is 8.02. The molecule has 0 saturated carbocycles. The van der Waals surface area contributed by atoms with Gasteiger partial charge in [-0.1, -0.05) is 53.0 Å². The third kappa shape index (κ3) is 3.46. The van der Waals surface area contributed by atoms with Crippen molar-refractivity contribution < 1.29 is 5.11 Å². The highest BCUT2D eigenvalue weighted by molar-refractivity contribution is 7.11. The molecule has 1 aliphatic rings. The number of halogens is 2. The lowest BCUT2D eigenvalue weighted by atomic mass is 10.1. The van der Waals surface area contributed by atoms with Crippen molar-refractivity contribution in [2.45, 2.75) is 6.92 Å². The molecule has 27 heavy (non-hydrogen) atoms. The Kier molecular flexibility index (Phi) is 4.68. The molecule has 4 rings (SSSR count). The Labute approximate surface area is 170 Å². The van der Waals surface area contributed by atoms with E-state index in [4.69, 9.17) is 28.6 Å². The van der Waals surface area contributed by atoms with Crippen LogP contribution in [0.25, 0.3) is 16.8 Å². The molecule has 2 heterocycles. The zero-order chi connectivity index (χ0) is 19.1. The lowest BCUT2D eigenvalue weighted by Crippen LogP contribution is -2.26. The van der Waals surface area contributed by atoms with Crippen molar-refractivity contribution >= 4 is 51.6 Å². The third-order valence-electron chi connectivity index (χ3n) is 4.33. The molecule has 0 radical (unpaired) electrons. The Balaban J connectivity index is 1.65. The first kappa shape index (κ1) is 18.0. The van der Waals surface area contributed by atoms with Gasteiger partial charge in [-0.2, -0.15) is 0 Å². The second-order valence-electron chi connectivity index (χ2n) is 6.29. The molecule has 0 fully saturated rings. The molecule has 3 aromatic rings. The lowest BCUT2D eigenvalue weighted by Gasteiger charge is -2.19. The van der Waals surface area contributed by atoms with Gasteiger partial charge in [-0.05, 0) is 25.1 Å². The van der Waals surface area contributed by atoms with Gasteiger partial charge < -0.3 is 10.0 Å². The Bertz CT molecular complexity index is 1050. The van der Waals surface area contributed by atoms with Gasteiger partial charge in [0.1, 0.15) is 16.6 Å². The Morgan fingerprint density at radius 1 is 1.11 bits per heavy atom. The van der Waals surface area contributed by atoms with Crippen LogP contribution in [0.15, 0.2) is 53.6 Å².